The van der Waals surface area contributed by atoms with Gasteiger partial charge in [0, 0.05) is 37.0 Å². The Kier molecular flexibility index (Phi) is 9.10. The number of benzene rings is 2. The molecule has 3 fully saturated rings. The number of rotatable bonds is 9. The smallest absolute Gasteiger partial charge is 0.336 e. The number of aliphatic hydroxyl groups excluding tert-OH is 2. The normalized spacial score (nSPS) is 28.7. The number of fused-ring (bicyclic) bond motifs is 1. The van der Waals surface area contributed by atoms with Gasteiger partial charge in [-0.15, -0.1) is 0 Å². The molecule has 3 aromatic rings. The topological polar surface area (TPSA) is 209 Å². The Bertz CT molecular complexity index is 1620. The Hall–Kier alpha value is -3.92. The van der Waals surface area contributed by atoms with Crippen molar-refractivity contribution >= 4 is 16.9 Å². The molecule has 14 heteroatoms. The van der Waals surface area contributed by atoms with E-state index in [-0.39, 0.29) is 40.8 Å². The maximum absolute atomic E-state index is 13.3. The summed E-state index contributed by atoms with van der Waals surface area (Å²) in [4.78, 5) is 25.7. The number of aromatic hydroxyl groups is 1. The van der Waals surface area contributed by atoms with Gasteiger partial charge >= 0.3 is 5.97 Å². The van der Waals surface area contributed by atoms with Crippen molar-refractivity contribution in [2.24, 2.45) is 0 Å². The molecule has 1 saturated carbocycles. The number of ether oxygens (including phenoxy) is 4. The van der Waals surface area contributed by atoms with Crippen LogP contribution >= 0.6 is 0 Å². The number of hydrogen-bond donors (Lipinski definition) is 7. The Balaban J connectivity index is 1.39. The molecule has 1 aromatic heterocycles. The lowest BCUT2D eigenvalue weighted by molar-refractivity contribution is -0.307. The molecule has 0 radical (unpaired) electrons. The maximum Gasteiger partial charge on any atom is 0.336 e. The van der Waals surface area contributed by atoms with E-state index in [0.29, 0.717) is 37.4 Å². The Morgan fingerprint density at radius 3 is 2.48 bits per heavy atom. The third kappa shape index (κ3) is 6.11. The fraction of sp³-hybridized carbons (Fsp3) is 0.500. The van der Waals surface area contributed by atoms with Crippen molar-refractivity contribution in [3.8, 4) is 34.3 Å². The Morgan fingerprint density at radius 2 is 1.83 bits per heavy atom. The molecule has 0 bridgehead atoms. The molecular formula is C32H38N2O12. The summed E-state index contributed by atoms with van der Waals surface area (Å²) >= 11 is 0. The number of methoxy groups -OCH3 is 1. The van der Waals surface area contributed by atoms with E-state index in [2.05, 4.69) is 10.6 Å². The van der Waals surface area contributed by atoms with E-state index < -0.39 is 53.4 Å². The lowest BCUT2D eigenvalue weighted by Crippen LogP contribution is -2.70. The molecule has 2 aromatic carbocycles. The summed E-state index contributed by atoms with van der Waals surface area (Å²) in [5.41, 5.74) is -2.46. The summed E-state index contributed by atoms with van der Waals surface area (Å²) in [7, 11) is 1.53. The maximum atomic E-state index is 13.3. The van der Waals surface area contributed by atoms with E-state index in [1.54, 1.807) is 24.3 Å². The molecule has 14 nitrogen and oxygen atoms in total. The monoisotopic (exact) mass is 642 g/mol. The molecule has 3 aliphatic rings. The number of carboxylic acid groups (broad SMARTS) is 1. The quantitative estimate of drug-likeness (QED) is 0.176. The minimum atomic E-state index is -2.37. The highest BCUT2D eigenvalue weighted by Gasteiger charge is 2.59. The van der Waals surface area contributed by atoms with Crippen LogP contribution in [0.25, 0.3) is 22.3 Å². The first kappa shape index (κ1) is 32.0. The van der Waals surface area contributed by atoms with Crippen molar-refractivity contribution in [3.63, 3.8) is 0 Å². The van der Waals surface area contributed by atoms with Gasteiger partial charge < -0.3 is 59.5 Å². The molecule has 6 atom stereocenters. The van der Waals surface area contributed by atoms with Crippen LogP contribution in [0.2, 0.25) is 0 Å². The van der Waals surface area contributed by atoms with Gasteiger partial charge in [-0.05, 0) is 56.4 Å². The van der Waals surface area contributed by atoms with Gasteiger partial charge in [0.25, 0.3) is 0 Å². The van der Waals surface area contributed by atoms with Crippen molar-refractivity contribution in [1.82, 2.24) is 10.6 Å². The molecule has 2 saturated heterocycles. The van der Waals surface area contributed by atoms with Gasteiger partial charge in [-0.3, -0.25) is 4.79 Å². The summed E-state index contributed by atoms with van der Waals surface area (Å²) in [6.45, 7) is 0.828. The Labute approximate surface area is 263 Å². The second-order valence-electron chi connectivity index (χ2n) is 12.0. The largest absolute Gasteiger partial charge is 0.504 e. The zero-order valence-electron chi connectivity index (χ0n) is 25.2. The van der Waals surface area contributed by atoms with Gasteiger partial charge in [0.2, 0.25) is 12.0 Å². The van der Waals surface area contributed by atoms with E-state index in [9.17, 15) is 35.1 Å². The number of aliphatic hydroxyl groups is 3. The zero-order chi connectivity index (χ0) is 32.6. The van der Waals surface area contributed by atoms with Crippen LogP contribution in [0.3, 0.4) is 0 Å². The van der Waals surface area contributed by atoms with Crippen molar-refractivity contribution in [3.05, 3.63) is 46.6 Å². The molecule has 2 aliphatic heterocycles. The summed E-state index contributed by atoms with van der Waals surface area (Å²) in [5, 5.41) is 60.9. The van der Waals surface area contributed by atoms with Gasteiger partial charge in [0.15, 0.2) is 23.0 Å². The molecule has 46 heavy (non-hydrogen) atoms. The number of hydrogen-bond acceptors (Lipinski definition) is 13. The van der Waals surface area contributed by atoms with E-state index in [0.717, 1.165) is 19.3 Å². The van der Waals surface area contributed by atoms with Crippen molar-refractivity contribution in [2.45, 2.75) is 80.9 Å². The van der Waals surface area contributed by atoms with Crippen LogP contribution in [0.4, 0.5) is 0 Å². The molecular weight excluding hydrogens is 604 g/mol. The van der Waals surface area contributed by atoms with Crippen LogP contribution in [-0.4, -0.2) is 94.2 Å². The first-order valence-corrected chi connectivity index (χ1v) is 15.3. The van der Waals surface area contributed by atoms with Crippen LogP contribution in [0.1, 0.15) is 38.5 Å². The molecule has 0 unspecified atom stereocenters. The lowest BCUT2D eigenvalue weighted by atomic mass is 9.79. The van der Waals surface area contributed by atoms with E-state index >= 15 is 0 Å². The van der Waals surface area contributed by atoms with Crippen LogP contribution in [0, 0.1) is 0 Å². The van der Waals surface area contributed by atoms with E-state index in [1.807, 2.05) is 0 Å². The Morgan fingerprint density at radius 1 is 1.09 bits per heavy atom. The molecule has 6 rings (SSSR count). The molecule has 7 N–H and O–H groups in total. The summed E-state index contributed by atoms with van der Waals surface area (Å²) in [5.74, 6) is -1.81. The van der Waals surface area contributed by atoms with E-state index in [4.69, 9.17) is 23.4 Å². The first-order valence-electron chi connectivity index (χ1n) is 15.3. The van der Waals surface area contributed by atoms with Gasteiger partial charge in [-0.1, -0.05) is 6.42 Å². The average Bonchev–Trinajstić information content (AvgIpc) is 3.56. The van der Waals surface area contributed by atoms with Crippen LogP contribution in [0.15, 0.2) is 45.6 Å². The fourth-order valence-corrected chi connectivity index (χ4v) is 6.44. The molecule has 0 amide bonds. The summed E-state index contributed by atoms with van der Waals surface area (Å²) in [6, 6.07) is 8.90. The van der Waals surface area contributed by atoms with E-state index in [1.165, 1.54) is 19.2 Å². The van der Waals surface area contributed by atoms with Crippen LogP contribution < -0.4 is 30.3 Å². The number of nitrogens with one attached hydrogen (secondary N) is 2. The zero-order valence-corrected chi connectivity index (χ0v) is 25.2. The number of phenolic OH excluding ortho intramolecular Hbond substituents is 1. The molecule has 1 aliphatic carbocycles. The molecule has 248 valence electrons. The lowest BCUT2D eigenvalue weighted by Gasteiger charge is -2.47. The summed E-state index contributed by atoms with van der Waals surface area (Å²) < 4.78 is 29.0. The molecule has 3 heterocycles. The minimum Gasteiger partial charge on any atom is -0.504 e. The average molecular weight is 643 g/mol. The second-order valence-corrected chi connectivity index (χ2v) is 12.0. The highest BCUT2D eigenvalue weighted by molar-refractivity contribution is 5.89. The second kappa shape index (κ2) is 13.1. The number of aliphatic carboxylic acids is 1. The standard InChI is InChI=1S/C32H38N2O12/c1-42-18-9-7-16(8-10-18)21-11-20(35)24-22(44-21)12-23(27(25(24)36)43-19-5-3-2-4-6-19)45-31-26(37)28(38)32(41,29(46-31)30(39)40)13-17-14-33-15-34-17/h7-12,17,19,26,28-29,31,33-34,36-38,41H,2-6,13-15H2,1H3,(H,39,40)/t17-,26+,28-,29+,31+,32-/m0/s1. The highest BCUT2D eigenvalue weighted by atomic mass is 16.7. The number of carbonyl (C=O) groups is 1. The van der Waals surface area contributed by atoms with Crippen LogP contribution in [-0.2, 0) is 9.53 Å². The van der Waals surface area contributed by atoms with Crippen molar-refractivity contribution in [2.75, 3.05) is 20.3 Å². The third-order valence-corrected chi connectivity index (χ3v) is 8.91. The number of phenols is 1. The predicted octanol–water partition coefficient (Wildman–Crippen LogP) is 1.44. The summed E-state index contributed by atoms with van der Waals surface area (Å²) in [6.07, 6.45) is -4.13. The minimum absolute atomic E-state index is 0.0845. The van der Waals surface area contributed by atoms with Crippen molar-refractivity contribution in [1.29, 1.82) is 0 Å². The van der Waals surface area contributed by atoms with Gasteiger partial charge in [-0.25, -0.2) is 4.79 Å². The van der Waals surface area contributed by atoms with Gasteiger partial charge in [0.05, 0.1) is 13.2 Å². The highest BCUT2D eigenvalue weighted by Crippen LogP contribution is 2.46. The first-order chi connectivity index (χ1) is 22.1. The van der Waals surface area contributed by atoms with Crippen LogP contribution in [0.5, 0.6) is 23.0 Å². The number of carboxylic acids is 1. The van der Waals surface area contributed by atoms with Gasteiger partial charge in [0.1, 0.15) is 40.3 Å². The van der Waals surface area contributed by atoms with Gasteiger partial charge in [-0.2, -0.15) is 0 Å². The fourth-order valence-electron chi connectivity index (χ4n) is 6.44. The third-order valence-electron chi connectivity index (χ3n) is 8.91. The predicted molar refractivity (Wildman–Crippen MR) is 162 cm³/mol. The van der Waals surface area contributed by atoms with Crippen molar-refractivity contribution < 1.29 is 53.7 Å². The molecule has 0 spiro atoms. The SMILES string of the molecule is COc1ccc(-c2cc(=O)c3c(O)c(OC4CCCCC4)c(O[C@@H]4O[C@H](C(=O)O)[C@](O)(C[C@H]5CNCN5)[C@@H](O)[C@H]4O)cc3o2)cc1.